The van der Waals surface area contributed by atoms with Crippen LogP contribution >= 0.6 is 23.2 Å². The number of aromatic nitrogens is 1. The van der Waals surface area contributed by atoms with Crippen molar-refractivity contribution >= 4 is 29.1 Å². The normalized spacial score (nSPS) is 11.0. The Morgan fingerprint density at radius 1 is 1.00 bits per heavy atom. The van der Waals surface area contributed by atoms with Crippen molar-refractivity contribution in [1.29, 1.82) is 0 Å². The Balaban J connectivity index is 1.81. The highest BCUT2D eigenvalue weighted by molar-refractivity contribution is 6.30. The molecule has 0 saturated carbocycles. The van der Waals surface area contributed by atoms with Crippen molar-refractivity contribution in [3.05, 3.63) is 93.7 Å². The molecule has 2 aromatic carbocycles. The summed E-state index contributed by atoms with van der Waals surface area (Å²) >= 11 is 12.1. The zero-order valence-corrected chi connectivity index (χ0v) is 17.6. The Morgan fingerprint density at radius 3 is 2.43 bits per heavy atom. The highest BCUT2D eigenvalue weighted by atomic mass is 35.5. The van der Waals surface area contributed by atoms with Gasteiger partial charge in [0.2, 0.25) is 0 Å². The molecule has 0 aliphatic heterocycles. The smallest absolute Gasteiger partial charge is 0.254 e. The van der Waals surface area contributed by atoms with Gasteiger partial charge in [0.25, 0.3) is 5.91 Å². The summed E-state index contributed by atoms with van der Waals surface area (Å²) < 4.78 is 2.16. The quantitative estimate of drug-likeness (QED) is 0.455. The molecule has 0 saturated heterocycles. The molecule has 0 aliphatic rings. The Bertz CT molecular complexity index is 932. The Labute approximate surface area is 176 Å². The summed E-state index contributed by atoms with van der Waals surface area (Å²) in [5.41, 5.74) is 2.87. The molecular formula is C23H24Cl2N2O. The van der Waals surface area contributed by atoms with Gasteiger partial charge in [0.1, 0.15) is 0 Å². The topological polar surface area (TPSA) is 25.2 Å². The monoisotopic (exact) mass is 414 g/mol. The van der Waals surface area contributed by atoms with Gasteiger partial charge in [-0.2, -0.15) is 0 Å². The zero-order valence-electron chi connectivity index (χ0n) is 16.1. The predicted molar refractivity (Wildman–Crippen MR) is 116 cm³/mol. The van der Waals surface area contributed by atoms with Gasteiger partial charge < -0.3 is 9.47 Å². The lowest BCUT2D eigenvalue weighted by Gasteiger charge is -2.25. The van der Waals surface area contributed by atoms with E-state index in [2.05, 4.69) is 30.5 Å². The van der Waals surface area contributed by atoms with Gasteiger partial charge in [-0.25, -0.2) is 0 Å². The summed E-state index contributed by atoms with van der Waals surface area (Å²) in [7, 11) is 0. The first-order valence-electron chi connectivity index (χ1n) is 9.35. The fraction of sp³-hybridized carbons (Fsp3) is 0.261. The van der Waals surface area contributed by atoms with Gasteiger partial charge in [-0.1, -0.05) is 49.2 Å². The molecule has 0 unspecified atom stereocenters. The van der Waals surface area contributed by atoms with Gasteiger partial charge in [-0.15, -0.1) is 0 Å². The molecule has 0 spiro atoms. The van der Waals surface area contributed by atoms with E-state index in [-0.39, 0.29) is 5.91 Å². The molecule has 146 valence electrons. The van der Waals surface area contributed by atoms with E-state index in [1.807, 2.05) is 35.4 Å². The molecule has 3 rings (SSSR count). The van der Waals surface area contributed by atoms with Gasteiger partial charge >= 0.3 is 0 Å². The molecule has 1 heterocycles. The number of carbonyl (C=O) groups is 1. The van der Waals surface area contributed by atoms with Crippen LogP contribution in [-0.4, -0.2) is 21.9 Å². The number of hydrogen-bond donors (Lipinski definition) is 0. The van der Waals surface area contributed by atoms with E-state index in [0.717, 1.165) is 16.3 Å². The number of hydrogen-bond acceptors (Lipinski definition) is 1. The average Bonchev–Trinajstić information content (AvgIpc) is 3.07. The van der Waals surface area contributed by atoms with E-state index in [9.17, 15) is 4.79 Å². The average molecular weight is 415 g/mol. The third-order valence-corrected chi connectivity index (χ3v) is 4.97. The van der Waals surface area contributed by atoms with Crippen LogP contribution in [0.3, 0.4) is 0 Å². The maximum absolute atomic E-state index is 13.1. The summed E-state index contributed by atoms with van der Waals surface area (Å²) in [5.74, 6) is 0.383. The van der Waals surface area contributed by atoms with Gasteiger partial charge in [0.05, 0.1) is 6.54 Å². The predicted octanol–water partition coefficient (Wildman–Crippen LogP) is 6.14. The van der Waals surface area contributed by atoms with Gasteiger partial charge in [0, 0.05) is 40.6 Å². The third kappa shape index (κ3) is 5.40. The van der Waals surface area contributed by atoms with Crippen molar-refractivity contribution in [2.45, 2.75) is 26.9 Å². The molecule has 3 nitrogen and oxygen atoms in total. The van der Waals surface area contributed by atoms with Crippen LogP contribution in [0.1, 0.15) is 35.5 Å². The van der Waals surface area contributed by atoms with Crippen molar-refractivity contribution < 1.29 is 4.79 Å². The first kappa shape index (κ1) is 20.5. The lowest BCUT2D eigenvalue weighted by molar-refractivity contribution is 0.0719. The second-order valence-electron chi connectivity index (χ2n) is 7.34. The van der Waals surface area contributed by atoms with Crippen LogP contribution in [0.4, 0.5) is 0 Å². The van der Waals surface area contributed by atoms with Crippen molar-refractivity contribution in [2.24, 2.45) is 5.92 Å². The number of rotatable bonds is 7. The molecule has 5 heteroatoms. The SMILES string of the molecule is CC(C)CN(Cc1cccn1Cc1cccc(Cl)c1)C(=O)c1ccc(Cl)cc1. The molecule has 3 aromatic rings. The van der Waals surface area contributed by atoms with Crippen molar-refractivity contribution in [1.82, 2.24) is 9.47 Å². The van der Waals surface area contributed by atoms with Crippen LogP contribution in [-0.2, 0) is 13.1 Å². The lowest BCUT2D eigenvalue weighted by Crippen LogP contribution is -2.34. The van der Waals surface area contributed by atoms with Crippen LogP contribution in [0.25, 0.3) is 0 Å². The molecule has 0 aliphatic carbocycles. The van der Waals surface area contributed by atoms with Crippen LogP contribution in [0.15, 0.2) is 66.9 Å². The van der Waals surface area contributed by atoms with Crippen molar-refractivity contribution in [3.63, 3.8) is 0 Å². The number of carbonyl (C=O) groups excluding carboxylic acids is 1. The van der Waals surface area contributed by atoms with Crippen LogP contribution < -0.4 is 0 Å². The summed E-state index contributed by atoms with van der Waals surface area (Å²) in [6.07, 6.45) is 2.04. The highest BCUT2D eigenvalue weighted by Gasteiger charge is 2.19. The summed E-state index contributed by atoms with van der Waals surface area (Å²) in [6.45, 7) is 6.19. The van der Waals surface area contributed by atoms with Crippen LogP contribution in [0.5, 0.6) is 0 Å². The van der Waals surface area contributed by atoms with E-state index in [1.165, 1.54) is 0 Å². The molecule has 0 radical (unpaired) electrons. The standard InChI is InChI=1S/C23H24Cl2N2O/c1-17(2)14-27(23(28)19-8-10-20(24)11-9-19)16-22-7-4-12-26(22)15-18-5-3-6-21(25)13-18/h3-13,17H,14-16H2,1-2H3. The van der Waals surface area contributed by atoms with E-state index in [4.69, 9.17) is 23.2 Å². The van der Waals surface area contributed by atoms with Crippen LogP contribution in [0.2, 0.25) is 10.0 Å². The first-order chi connectivity index (χ1) is 13.4. The molecule has 1 aromatic heterocycles. The summed E-state index contributed by atoms with van der Waals surface area (Å²) in [4.78, 5) is 15.0. The fourth-order valence-electron chi connectivity index (χ4n) is 3.21. The van der Waals surface area contributed by atoms with Crippen molar-refractivity contribution in [2.75, 3.05) is 6.54 Å². The number of benzene rings is 2. The Hall–Kier alpha value is -2.23. The molecule has 1 amide bonds. The molecular weight excluding hydrogens is 391 g/mol. The van der Waals surface area contributed by atoms with Gasteiger partial charge in [-0.3, -0.25) is 4.79 Å². The second-order valence-corrected chi connectivity index (χ2v) is 8.22. The molecule has 0 atom stereocenters. The number of amides is 1. The van der Waals surface area contributed by atoms with Crippen molar-refractivity contribution in [3.8, 4) is 0 Å². The fourth-order valence-corrected chi connectivity index (χ4v) is 3.55. The maximum atomic E-state index is 13.1. The lowest BCUT2D eigenvalue weighted by atomic mass is 10.1. The number of halogens is 2. The minimum Gasteiger partial charge on any atom is -0.345 e. The van der Waals surface area contributed by atoms with E-state index in [1.54, 1.807) is 24.3 Å². The first-order valence-corrected chi connectivity index (χ1v) is 10.1. The Morgan fingerprint density at radius 2 is 1.75 bits per heavy atom. The largest absolute Gasteiger partial charge is 0.345 e. The summed E-state index contributed by atoms with van der Waals surface area (Å²) in [6, 6.07) is 19.0. The minimum atomic E-state index is 0.0147. The van der Waals surface area contributed by atoms with Crippen LogP contribution in [0, 0.1) is 5.92 Å². The molecule has 0 bridgehead atoms. The van der Waals surface area contributed by atoms with E-state index < -0.39 is 0 Å². The summed E-state index contributed by atoms with van der Waals surface area (Å²) in [5, 5.41) is 1.35. The second kappa shape index (κ2) is 9.31. The minimum absolute atomic E-state index is 0.0147. The molecule has 28 heavy (non-hydrogen) atoms. The van der Waals surface area contributed by atoms with E-state index >= 15 is 0 Å². The highest BCUT2D eigenvalue weighted by Crippen LogP contribution is 2.18. The molecule has 0 N–H and O–H groups in total. The zero-order chi connectivity index (χ0) is 20.1. The van der Waals surface area contributed by atoms with Gasteiger partial charge in [0.15, 0.2) is 0 Å². The molecule has 0 fully saturated rings. The maximum Gasteiger partial charge on any atom is 0.254 e. The van der Waals surface area contributed by atoms with E-state index in [0.29, 0.717) is 36.1 Å². The number of nitrogens with zero attached hydrogens (tertiary/aromatic N) is 2. The van der Waals surface area contributed by atoms with Gasteiger partial charge in [-0.05, 0) is 60.0 Å². The third-order valence-electron chi connectivity index (χ3n) is 4.48. The Kier molecular flexibility index (Phi) is 6.82.